The molecule has 0 unspecified atom stereocenters. The zero-order valence-electron chi connectivity index (χ0n) is 23.5. The van der Waals surface area contributed by atoms with Gasteiger partial charge in [-0.05, 0) is 78.7 Å². The molecule has 0 radical (unpaired) electrons. The van der Waals surface area contributed by atoms with Gasteiger partial charge in [-0.15, -0.1) is 11.8 Å². The maximum absolute atomic E-state index is 13.4. The molecule has 0 bridgehead atoms. The average molecular weight is 582 g/mol. The van der Waals surface area contributed by atoms with Gasteiger partial charge in [0.1, 0.15) is 5.70 Å². The SMILES string of the molecule is COc1ccc(/C=C(/NC(=O)c2ccccc2)C(=O)Nc2cccc(SCC(=O)Nc3cccc(C)c3)c2)cc1OC. The third-order valence-electron chi connectivity index (χ3n) is 6.01. The Morgan fingerprint density at radius 1 is 0.762 bits per heavy atom. The number of methoxy groups -OCH3 is 2. The third kappa shape index (κ3) is 8.49. The van der Waals surface area contributed by atoms with Gasteiger partial charge in [0.05, 0.1) is 20.0 Å². The predicted octanol–water partition coefficient (Wildman–Crippen LogP) is 6.15. The fourth-order valence-corrected chi connectivity index (χ4v) is 4.74. The van der Waals surface area contributed by atoms with Crippen LogP contribution in [0.1, 0.15) is 21.5 Å². The van der Waals surface area contributed by atoms with Gasteiger partial charge in [0.2, 0.25) is 5.91 Å². The Bertz CT molecular complexity index is 1600. The maximum atomic E-state index is 13.4. The maximum Gasteiger partial charge on any atom is 0.272 e. The fourth-order valence-electron chi connectivity index (χ4n) is 3.98. The monoisotopic (exact) mass is 581 g/mol. The summed E-state index contributed by atoms with van der Waals surface area (Å²) in [5, 5.41) is 8.47. The Balaban J connectivity index is 1.49. The van der Waals surface area contributed by atoms with Gasteiger partial charge in [0.25, 0.3) is 11.8 Å². The minimum absolute atomic E-state index is 0.0339. The highest BCUT2D eigenvalue weighted by Crippen LogP contribution is 2.28. The van der Waals surface area contributed by atoms with Gasteiger partial charge in [-0.25, -0.2) is 0 Å². The van der Waals surface area contributed by atoms with Gasteiger partial charge >= 0.3 is 0 Å². The summed E-state index contributed by atoms with van der Waals surface area (Å²) in [5.74, 6) is 0.133. The molecule has 3 N–H and O–H groups in total. The van der Waals surface area contributed by atoms with Crippen molar-refractivity contribution in [3.8, 4) is 11.5 Å². The topological polar surface area (TPSA) is 106 Å². The summed E-state index contributed by atoms with van der Waals surface area (Å²) < 4.78 is 10.7. The molecule has 0 aliphatic rings. The van der Waals surface area contributed by atoms with Crippen molar-refractivity contribution in [2.75, 3.05) is 30.6 Å². The van der Waals surface area contributed by atoms with Gasteiger partial charge in [-0.1, -0.05) is 42.5 Å². The van der Waals surface area contributed by atoms with Crippen LogP contribution in [0.2, 0.25) is 0 Å². The highest BCUT2D eigenvalue weighted by molar-refractivity contribution is 8.00. The number of anilines is 2. The molecule has 0 saturated carbocycles. The molecule has 214 valence electrons. The smallest absolute Gasteiger partial charge is 0.272 e. The lowest BCUT2D eigenvalue weighted by molar-refractivity contribution is -0.114. The zero-order chi connectivity index (χ0) is 29.9. The van der Waals surface area contributed by atoms with Crippen molar-refractivity contribution in [2.45, 2.75) is 11.8 Å². The number of carbonyl (C=O) groups is 3. The number of ether oxygens (including phenoxy) is 2. The van der Waals surface area contributed by atoms with E-state index in [1.807, 2.05) is 37.3 Å². The molecule has 8 nitrogen and oxygen atoms in total. The van der Waals surface area contributed by atoms with Gasteiger partial charge in [0.15, 0.2) is 11.5 Å². The van der Waals surface area contributed by atoms with Crippen LogP contribution in [0.15, 0.2) is 108 Å². The Morgan fingerprint density at radius 2 is 1.48 bits per heavy atom. The normalized spacial score (nSPS) is 10.9. The van der Waals surface area contributed by atoms with E-state index in [2.05, 4.69) is 16.0 Å². The minimum atomic E-state index is -0.520. The Hall–Kier alpha value is -5.02. The molecule has 0 atom stereocenters. The summed E-state index contributed by atoms with van der Waals surface area (Å²) in [6.07, 6.45) is 1.56. The third-order valence-corrected chi connectivity index (χ3v) is 7.00. The molecule has 9 heteroatoms. The van der Waals surface area contributed by atoms with E-state index >= 15 is 0 Å². The zero-order valence-corrected chi connectivity index (χ0v) is 24.3. The molecule has 42 heavy (non-hydrogen) atoms. The quantitative estimate of drug-likeness (QED) is 0.145. The summed E-state index contributed by atoms with van der Waals surface area (Å²) in [7, 11) is 3.06. The van der Waals surface area contributed by atoms with Crippen molar-refractivity contribution in [2.24, 2.45) is 0 Å². The molecule has 0 saturated heterocycles. The van der Waals surface area contributed by atoms with E-state index in [1.165, 1.54) is 26.0 Å². The Labute approximate surface area is 249 Å². The van der Waals surface area contributed by atoms with E-state index in [9.17, 15) is 14.4 Å². The summed E-state index contributed by atoms with van der Waals surface area (Å²) in [6.45, 7) is 1.96. The first-order valence-electron chi connectivity index (χ1n) is 13.1. The van der Waals surface area contributed by atoms with Crippen molar-refractivity contribution in [1.29, 1.82) is 0 Å². The van der Waals surface area contributed by atoms with Crippen LogP contribution in [0.4, 0.5) is 11.4 Å². The Kier molecular flexibility index (Phi) is 10.4. The number of hydrogen-bond acceptors (Lipinski definition) is 6. The van der Waals surface area contributed by atoms with Gasteiger partial charge < -0.3 is 25.4 Å². The van der Waals surface area contributed by atoms with Crippen molar-refractivity contribution < 1.29 is 23.9 Å². The van der Waals surface area contributed by atoms with Crippen molar-refractivity contribution in [1.82, 2.24) is 5.32 Å². The van der Waals surface area contributed by atoms with E-state index in [4.69, 9.17) is 9.47 Å². The second-order valence-electron chi connectivity index (χ2n) is 9.18. The summed E-state index contributed by atoms with van der Waals surface area (Å²) in [4.78, 5) is 39.7. The van der Waals surface area contributed by atoms with Crippen LogP contribution in [0.3, 0.4) is 0 Å². The predicted molar refractivity (Wildman–Crippen MR) is 167 cm³/mol. The van der Waals surface area contributed by atoms with E-state index in [0.717, 1.165) is 16.1 Å². The molecule has 0 heterocycles. The molecular weight excluding hydrogens is 550 g/mol. The van der Waals surface area contributed by atoms with Crippen LogP contribution in [-0.4, -0.2) is 37.7 Å². The number of benzene rings is 4. The number of carbonyl (C=O) groups excluding carboxylic acids is 3. The molecule has 4 aromatic rings. The number of rotatable bonds is 11. The highest BCUT2D eigenvalue weighted by Gasteiger charge is 2.16. The molecular formula is C33H31N3O5S. The Morgan fingerprint density at radius 3 is 2.19 bits per heavy atom. The standard InChI is InChI=1S/C33H31N3O5S/c1-22-9-7-12-25(17-22)34-31(37)21-42-27-14-8-13-26(20-27)35-33(39)28(36-32(38)24-10-5-4-6-11-24)18-23-15-16-29(40-2)30(19-23)41-3/h4-20H,21H2,1-3H3,(H,34,37)(H,35,39)(H,36,38)/b28-18+. The molecule has 4 rings (SSSR count). The molecule has 0 aliphatic carbocycles. The van der Waals surface area contributed by atoms with Crippen LogP contribution in [0.25, 0.3) is 6.08 Å². The molecule has 0 aliphatic heterocycles. The fraction of sp³-hybridized carbons (Fsp3) is 0.121. The highest BCUT2D eigenvalue weighted by atomic mass is 32.2. The second kappa shape index (κ2) is 14.6. The average Bonchev–Trinajstić information content (AvgIpc) is 3.00. The summed E-state index contributed by atoms with van der Waals surface area (Å²) in [5.41, 5.74) is 3.38. The van der Waals surface area contributed by atoms with Crippen LogP contribution < -0.4 is 25.4 Å². The van der Waals surface area contributed by atoms with E-state index in [1.54, 1.807) is 72.8 Å². The number of amides is 3. The second-order valence-corrected chi connectivity index (χ2v) is 10.2. The van der Waals surface area contributed by atoms with Crippen LogP contribution >= 0.6 is 11.8 Å². The summed E-state index contributed by atoms with van der Waals surface area (Å²) in [6, 6.07) is 28.6. The van der Waals surface area contributed by atoms with Crippen molar-refractivity contribution in [3.63, 3.8) is 0 Å². The van der Waals surface area contributed by atoms with E-state index in [-0.39, 0.29) is 17.4 Å². The largest absolute Gasteiger partial charge is 0.493 e. The van der Waals surface area contributed by atoms with E-state index < -0.39 is 11.8 Å². The molecule has 3 amide bonds. The van der Waals surface area contributed by atoms with E-state index in [0.29, 0.717) is 28.3 Å². The number of nitrogens with one attached hydrogen (secondary N) is 3. The lowest BCUT2D eigenvalue weighted by Gasteiger charge is -2.13. The number of hydrogen-bond donors (Lipinski definition) is 3. The summed E-state index contributed by atoms with van der Waals surface area (Å²) >= 11 is 1.35. The lowest BCUT2D eigenvalue weighted by atomic mass is 10.1. The van der Waals surface area contributed by atoms with Crippen molar-refractivity contribution >= 4 is 46.9 Å². The first kappa shape index (κ1) is 30.0. The molecule has 4 aromatic carbocycles. The van der Waals surface area contributed by atoms with Gasteiger partial charge in [-0.3, -0.25) is 14.4 Å². The molecule has 0 fully saturated rings. The number of aryl methyl sites for hydroxylation is 1. The van der Waals surface area contributed by atoms with Crippen LogP contribution in [-0.2, 0) is 9.59 Å². The lowest BCUT2D eigenvalue weighted by Crippen LogP contribution is -2.30. The molecule has 0 spiro atoms. The molecule has 0 aromatic heterocycles. The number of thioether (sulfide) groups is 1. The minimum Gasteiger partial charge on any atom is -0.493 e. The van der Waals surface area contributed by atoms with Crippen LogP contribution in [0, 0.1) is 6.92 Å². The van der Waals surface area contributed by atoms with Gasteiger partial charge in [-0.2, -0.15) is 0 Å². The van der Waals surface area contributed by atoms with Crippen LogP contribution in [0.5, 0.6) is 11.5 Å². The van der Waals surface area contributed by atoms with Crippen molar-refractivity contribution in [3.05, 3.63) is 119 Å². The first-order chi connectivity index (χ1) is 20.3. The van der Waals surface area contributed by atoms with Gasteiger partial charge in [0, 0.05) is 21.8 Å². The first-order valence-corrected chi connectivity index (χ1v) is 14.0.